The Labute approximate surface area is 143 Å². The van der Waals surface area contributed by atoms with Crippen molar-refractivity contribution in [1.82, 2.24) is 5.32 Å². The molecule has 0 radical (unpaired) electrons. The molecule has 0 unspecified atom stereocenters. The molecule has 0 fully saturated rings. The van der Waals surface area contributed by atoms with E-state index in [1.54, 1.807) is 21.3 Å². The fourth-order valence-corrected chi connectivity index (χ4v) is 2.79. The van der Waals surface area contributed by atoms with Gasteiger partial charge in [0.25, 0.3) is 5.97 Å². The van der Waals surface area contributed by atoms with Crippen molar-refractivity contribution < 1.29 is 14.2 Å². The molecule has 0 aliphatic carbocycles. The maximum absolute atomic E-state index is 5.43. The van der Waals surface area contributed by atoms with Crippen LogP contribution in [0, 0.1) is 0 Å². The summed E-state index contributed by atoms with van der Waals surface area (Å²) >= 11 is 0. The summed E-state index contributed by atoms with van der Waals surface area (Å²) in [6.07, 6.45) is 13.8. The number of rotatable bonds is 18. The van der Waals surface area contributed by atoms with Crippen molar-refractivity contribution in [3.63, 3.8) is 0 Å². The number of unbranched alkanes of at least 4 members (excludes halogenated alkanes) is 9. The number of nitrogens with two attached hydrogens (primary N) is 1. The van der Waals surface area contributed by atoms with Gasteiger partial charge >= 0.3 is 0 Å². The normalized spacial score (nSPS) is 12.0. The molecule has 23 heavy (non-hydrogen) atoms. The van der Waals surface area contributed by atoms with Gasteiger partial charge in [0, 0.05) is 40.8 Å². The Hall–Kier alpha value is -0.200. The topological polar surface area (TPSA) is 65.7 Å². The molecule has 5 heteroatoms. The third kappa shape index (κ3) is 12.8. The number of ether oxygens (including phenoxy) is 3. The second kappa shape index (κ2) is 16.7. The molecular weight excluding hydrogens is 292 g/mol. The van der Waals surface area contributed by atoms with Gasteiger partial charge in [-0.05, 0) is 19.4 Å². The SMILES string of the molecule is COC(CCCCCCCCCCCCNCCN)(OC)OC. The fourth-order valence-electron chi connectivity index (χ4n) is 2.79. The van der Waals surface area contributed by atoms with Gasteiger partial charge in [0.15, 0.2) is 0 Å². The van der Waals surface area contributed by atoms with Gasteiger partial charge in [-0.3, -0.25) is 0 Å². The number of hydrogen-bond donors (Lipinski definition) is 2. The van der Waals surface area contributed by atoms with Crippen LogP contribution in [-0.2, 0) is 14.2 Å². The smallest absolute Gasteiger partial charge is 0.282 e. The quantitative estimate of drug-likeness (QED) is 0.297. The molecule has 0 saturated carbocycles. The average molecular weight is 333 g/mol. The monoisotopic (exact) mass is 332 g/mol. The highest BCUT2D eigenvalue weighted by Crippen LogP contribution is 2.21. The summed E-state index contributed by atoms with van der Waals surface area (Å²) < 4.78 is 15.9. The van der Waals surface area contributed by atoms with E-state index in [2.05, 4.69) is 5.32 Å². The summed E-state index contributed by atoms with van der Waals surface area (Å²) in [6.45, 7) is 2.80. The van der Waals surface area contributed by atoms with Crippen LogP contribution < -0.4 is 11.1 Å². The minimum atomic E-state index is -0.848. The van der Waals surface area contributed by atoms with E-state index in [-0.39, 0.29) is 0 Å². The van der Waals surface area contributed by atoms with Crippen molar-refractivity contribution in [2.45, 2.75) is 76.6 Å². The number of hydrogen-bond acceptors (Lipinski definition) is 5. The maximum Gasteiger partial charge on any atom is 0.282 e. The molecule has 0 aliphatic rings. The van der Waals surface area contributed by atoms with Gasteiger partial charge in [-0.1, -0.05) is 51.4 Å². The van der Waals surface area contributed by atoms with Crippen LogP contribution in [0.3, 0.4) is 0 Å². The van der Waals surface area contributed by atoms with Gasteiger partial charge in [0.1, 0.15) is 0 Å². The maximum atomic E-state index is 5.43. The highest BCUT2D eigenvalue weighted by molar-refractivity contribution is 4.57. The number of nitrogens with one attached hydrogen (secondary N) is 1. The molecule has 0 aromatic heterocycles. The Bertz CT molecular complexity index is 228. The van der Waals surface area contributed by atoms with Crippen molar-refractivity contribution in [3.8, 4) is 0 Å². The van der Waals surface area contributed by atoms with Gasteiger partial charge in [-0.2, -0.15) is 0 Å². The second-order valence-corrected chi connectivity index (χ2v) is 6.12. The zero-order valence-corrected chi connectivity index (χ0v) is 15.7. The summed E-state index contributed by atoms with van der Waals surface area (Å²) in [6, 6.07) is 0. The van der Waals surface area contributed by atoms with E-state index in [1.165, 1.54) is 57.8 Å². The molecule has 0 aromatic carbocycles. The Morgan fingerprint density at radius 3 is 1.52 bits per heavy atom. The number of methoxy groups -OCH3 is 3. The van der Waals surface area contributed by atoms with Gasteiger partial charge in [-0.25, -0.2) is 0 Å². The lowest BCUT2D eigenvalue weighted by atomic mass is 10.1. The Morgan fingerprint density at radius 1 is 0.652 bits per heavy atom. The Kier molecular flexibility index (Phi) is 16.5. The van der Waals surface area contributed by atoms with Crippen molar-refractivity contribution in [1.29, 1.82) is 0 Å². The van der Waals surface area contributed by atoms with E-state index in [0.29, 0.717) is 0 Å². The van der Waals surface area contributed by atoms with Crippen LogP contribution in [-0.4, -0.2) is 46.9 Å². The molecule has 0 bridgehead atoms. The molecule has 0 aliphatic heterocycles. The summed E-state index contributed by atoms with van der Waals surface area (Å²) in [4.78, 5) is 0. The summed E-state index contributed by atoms with van der Waals surface area (Å²) in [5.41, 5.74) is 5.43. The summed E-state index contributed by atoms with van der Waals surface area (Å²) in [5, 5.41) is 3.34. The molecule has 0 saturated heterocycles. The van der Waals surface area contributed by atoms with Crippen LogP contribution in [0.5, 0.6) is 0 Å². The highest BCUT2D eigenvalue weighted by atomic mass is 16.9. The molecule has 0 atom stereocenters. The van der Waals surface area contributed by atoms with Crippen LogP contribution >= 0.6 is 0 Å². The lowest BCUT2D eigenvalue weighted by molar-refractivity contribution is -0.355. The zero-order valence-electron chi connectivity index (χ0n) is 15.7. The lowest BCUT2D eigenvalue weighted by Crippen LogP contribution is -2.35. The molecule has 5 nitrogen and oxygen atoms in total. The Morgan fingerprint density at radius 2 is 1.09 bits per heavy atom. The van der Waals surface area contributed by atoms with Crippen molar-refractivity contribution >= 4 is 0 Å². The average Bonchev–Trinajstić information content (AvgIpc) is 2.59. The van der Waals surface area contributed by atoms with Crippen LogP contribution in [0.15, 0.2) is 0 Å². The molecule has 0 rings (SSSR count). The van der Waals surface area contributed by atoms with Crippen molar-refractivity contribution in [2.24, 2.45) is 5.73 Å². The van der Waals surface area contributed by atoms with Crippen LogP contribution in [0.25, 0.3) is 0 Å². The minimum Gasteiger partial charge on any atom is -0.331 e. The summed E-state index contributed by atoms with van der Waals surface area (Å²) in [7, 11) is 4.88. The van der Waals surface area contributed by atoms with E-state index >= 15 is 0 Å². The predicted molar refractivity (Wildman–Crippen MR) is 96.5 cm³/mol. The van der Waals surface area contributed by atoms with Crippen LogP contribution in [0.1, 0.15) is 70.6 Å². The summed E-state index contributed by atoms with van der Waals surface area (Å²) in [5.74, 6) is -0.848. The molecule has 0 spiro atoms. The van der Waals surface area contributed by atoms with Gasteiger partial charge in [0.2, 0.25) is 0 Å². The predicted octanol–water partition coefficient (Wildman–Crippen LogP) is 3.42. The second-order valence-electron chi connectivity index (χ2n) is 6.12. The first-order valence-electron chi connectivity index (χ1n) is 9.31. The van der Waals surface area contributed by atoms with Gasteiger partial charge < -0.3 is 25.3 Å². The molecule has 0 amide bonds. The van der Waals surface area contributed by atoms with E-state index in [1.807, 2.05) is 0 Å². The van der Waals surface area contributed by atoms with Crippen LogP contribution in [0.4, 0.5) is 0 Å². The van der Waals surface area contributed by atoms with Crippen molar-refractivity contribution in [3.05, 3.63) is 0 Å². The first-order chi connectivity index (χ1) is 11.2. The van der Waals surface area contributed by atoms with E-state index in [0.717, 1.165) is 32.5 Å². The van der Waals surface area contributed by atoms with E-state index in [9.17, 15) is 0 Å². The standard InChI is InChI=1S/C18H40N2O3/c1-21-18(22-2,23-3)14-12-10-8-6-4-5-7-9-11-13-16-20-17-15-19/h20H,4-17,19H2,1-3H3. The fraction of sp³-hybridized carbons (Fsp3) is 1.00. The zero-order chi connectivity index (χ0) is 17.2. The molecule has 0 heterocycles. The third-order valence-corrected chi connectivity index (χ3v) is 4.34. The largest absolute Gasteiger partial charge is 0.331 e. The van der Waals surface area contributed by atoms with E-state index in [4.69, 9.17) is 19.9 Å². The minimum absolute atomic E-state index is 0.739. The van der Waals surface area contributed by atoms with E-state index < -0.39 is 5.97 Å². The molecule has 140 valence electrons. The molecule has 0 aromatic rings. The lowest BCUT2D eigenvalue weighted by Gasteiger charge is -2.28. The first kappa shape index (κ1) is 22.8. The van der Waals surface area contributed by atoms with Crippen LogP contribution in [0.2, 0.25) is 0 Å². The van der Waals surface area contributed by atoms with Gasteiger partial charge in [0.05, 0.1) is 0 Å². The Balaban J connectivity index is 3.25. The highest BCUT2D eigenvalue weighted by Gasteiger charge is 2.28. The molecular formula is C18H40N2O3. The van der Waals surface area contributed by atoms with Gasteiger partial charge in [-0.15, -0.1) is 0 Å². The third-order valence-electron chi connectivity index (χ3n) is 4.34. The first-order valence-corrected chi connectivity index (χ1v) is 9.31. The molecule has 3 N–H and O–H groups in total. The van der Waals surface area contributed by atoms with Crippen molar-refractivity contribution in [2.75, 3.05) is 41.0 Å².